The van der Waals surface area contributed by atoms with Crippen LogP contribution in [0.5, 0.6) is 0 Å². The molecule has 4 heteroatoms. The zero-order chi connectivity index (χ0) is 12.6. The Balaban J connectivity index is 3.74. The highest BCUT2D eigenvalue weighted by molar-refractivity contribution is 5.76. The highest BCUT2D eigenvalue weighted by Crippen LogP contribution is 2.13. The molecule has 4 nitrogen and oxygen atoms in total. The first-order valence-corrected chi connectivity index (χ1v) is 6.10. The minimum atomic E-state index is -0.360. The van der Waals surface area contributed by atoms with E-state index in [2.05, 4.69) is 19.2 Å². The summed E-state index contributed by atoms with van der Waals surface area (Å²) in [6.45, 7) is 7.08. The minimum absolute atomic E-state index is 0.0387. The fraction of sp³-hybridized carbons (Fsp3) is 0.917. The predicted molar refractivity (Wildman–Crippen MR) is 65.9 cm³/mol. The van der Waals surface area contributed by atoms with Crippen molar-refractivity contribution in [2.75, 3.05) is 13.1 Å². The van der Waals surface area contributed by atoms with E-state index in [4.69, 9.17) is 10.8 Å². The van der Waals surface area contributed by atoms with Gasteiger partial charge in [0.15, 0.2) is 0 Å². The van der Waals surface area contributed by atoms with Crippen LogP contribution in [0.2, 0.25) is 0 Å². The number of aliphatic hydroxyl groups excluding tert-OH is 1. The number of aliphatic hydroxyl groups is 1. The van der Waals surface area contributed by atoms with E-state index in [9.17, 15) is 4.79 Å². The summed E-state index contributed by atoms with van der Waals surface area (Å²) in [7, 11) is 0. The number of hydrogen-bond donors (Lipinski definition) is 3. The molecule has 16 heavy (non-hydrogen) atoms. The van der Waals surface area contributed by atoms with Gasteiger partial charge in [-0.05, 0) is 38.1 Å². The van der Waals surface area contributed by atoms with Gasteiger partial charge in [-0.2, -0.15) is 0 Å². The van der Waals surface area contributed by atoms with Crippen molar-refractivity contribution in [2.45, 2.75) is 46.1 Å². The maximum Gasteiger partial charge on any atom is 0.220 e. The van der Waals surface area contributed by atoms with E-state index < -0.39 is 0 Å². The number of rotatable bonds is 8. The second kappa shape index (κ2) is 8.53. The molecule has 0 spiro atoms. The van der Waals surface area contributed by atoms with Gasteiger partial charge >= 0.3 is 0 Å². The van der Waals surface area contributed by atoms with Crippen LogP contribution in [0.1, 0.15) is 40.0 Å². The van der Waals surface area contributed by atoms with Gasteiger partial charge in [-0.3, -0.25) is 4.79 Å². The van der Waals surface area contributed by atoms with E-state index >= 15 is 0 Å². The number of carbonyl (C=O) groups is 1. The van der Waals surface area contributed by atoms with Gasteiger partial charge in [-0.15, -0.1) is 0 Å². The highest BCUT2D eigenvalue weighted by atomic mass is 16.3. The molecule has 0 bridgehead atoms. The van der Waals surface area contributed by atoms with Crippen molar-refractivity contribution in [1.29, 1.82) is 0 Å². The molecule has 96 valence electrons. The quantitative estimate of drug-likeness (QED) is 0.579. The van der Waals surface area contributed by atoms with E-state index in [0.717, 1.165) is 6.42 Å². The lowest BCUT2D eigenvalue weighted by Gasteiger charge is -2.16. The number of amides is 1. The molecule has 4 N–H and O–H groups in total. The molecule has 0 saturated heterocycles. The van der Waals surface area contributed by atoms with Crippen LogP contribution in [-0.2, 0) is 4.79 Å². The zero-order valence-electron chi connectivity index (χ0n) is 10.7. The van der Waals surface area contributed by atoms with Crippen LogP contribution in [0, 0.1) is 11.8 Å². The van der Waals surface area contributed by atoms with Crippen LogP contribution in [-0.4, -0.2) is 30.2 Å². The van der Waals surface area contributed by atoms with Gasteiger partial charge in [0.05, 0.1) is 6.10 Å². The van der Waals surface area contributed by atoms with Gasteiger partial charge in [0.2, 0.25) is 5.91 Å². The van der Waals surface area contributed by atoms with E-state index in [1.165, 1.54) is 0 Å². The monoisotopic (exact) mass is 230 g/mol. The van der Waals surface area contributed by atoms with Crippen molar-refractivity contribution in [3.8, 4) is 0 Å². The third kappa shape index (κ3) is 8.68. The Hall–Kier alpha value is -0.610. The molecule has 0 aliphatic rings. The SMILES string of the molecule is CC(C)C[C@H](CN)CC(=O)NCCC(C)O. The van der Waals surface area contributed by atoms with Gasteiger partial charge < -0.3 is 16.2 Å². The van der Waals surface area contributed by atoms with Gasteiger partial charge in [0, 0.05) is 13.0 Å². The topological polar surface area (TPSA) is 75.4 Å². The maximum atomic E-state index is 11.5. The Kier molecular flexibility index (Phi) is 8.21. The Morgan fingerprint density at radius 1 is 1.38 bits per heavy atom. The summed E-state index contributed by atoms with van der Waals surface area (Å²) in [5.74, 6) is 0.877. The number of nitrogens with one attached hydrogen (secondary N) is 1. The maximum absolute atomic E-state index is 11.5. The molecular weight excluding hydrogens is 204 g/mol. The molecule has 0 rings (SSSR count). The van der Waals surface area contributed by atoms with Crippen LogP contribution in [0.15, 0.2) is 0 Å². The van der Waals surface area contributed by atoms with Gasteiger partial charge in [0.25, 0.3) is 0 Å². The number of hydrogen-bond acceptors (Lipinski definition) is 3. The van der Waals surface area contributed by atoms with Gasteiger partial charge in [0.1, 0.15) is 0 Å². The molecule has 0 saturated carbocycles. The molecule has 0 radical (unpaired) electrons. The fourth-order valence-corrected chi connectivity index (χ4v) is 1.68. The Bertz CT molecular complexity index is 193. The Labute approximate surface area is 98.6 Å². The van der Waals surface area contributed by atoms with E-state index in [0.29, 0.717) is 31.8 Å². The molecular formula is C12H26N2O2. The normalized spacial score (nSPS) is 14.9. The average Bonchev–Trinajstić information content (AvgIpc) is 2.15. The molecule has 1 amide bonds. The first-order chi connectivity index (χ1) is 7.45. The van der Waals surface area contributed by atoms with E-state index in [1.54, 1.807) is 6.92 Å². The molecule has 0 aliphatic heterocycles. The van der Waals surface area contributed by atoms with E-state index in [1.807, 2.05) is 0 Å². The largest absolute Gasteiger partial charge is 0.393 e. The molecule has 0 aliphatic carbocycles. The summed E-state index contributed by atoms with van der Waals surface area (Å²) in [6.07, 6.45) is 1.72. The fourth-order valence-electron chi connectivity index (χ4n) is 1.68. The molecule has 2 atom stereocenters. The van der Waals surface area contributed by atoms with Gasteiger partial charge in [-0.1, -0.05) is 13.8 Å². The third-order valence-corrected chi connectivity index (χ3v) is 2.50. The summed E-state index contributed by atoms with van der Waals surface area (Å²) in [6, 6.07) is 0. The Morgan fingerprint density at radius 3 is 2.44 bits per heavy atom. The van der Waals surface area contributed by atoms with Gasteiger partial charge in [-0.25, -0.2) is 0 Å². The van der Waals surface area contributed by atoms with Crippen LogP contribution in [0.3, 0.4) is 0 Å². The van der Waals surface area contributed by atoms with Crippen molar-refractivity contribution in [3.63, 3.8) is 0 Å². The molecule has 0 aromatic rings. The molecule has 0 aromatic carbocycles. The van der Waals surface area contributed by atoms with Crippen LogP contribution >= 0.6 is 0 Å². The van der Waals surface area contributed by atoms with Crippen LogP contribution < -0.4 is 11.1 Å². The van der Waals surface area contributed by atoms with Crippen molar-refractivity contribution < 1.29 is 9.90 Å². The van der Waals surface area contributed by atoms with Crippen molar-refractivity contribution in [1.82, 2.24) is 5.32 Å². The van der Waals surface area contributed by atoms with Crippen molar-refractivity contribution in [2.24, 2.45) is 17.6 Å². The standard InChI is InChI=1S/C12H26N2O2/c1-9(2)6-11(8-13)7-12(16)14-5-4-10(3)15/h9-11,15H,4-8,13H2,1-3H3,(H,14,16)/t10?,11-/m0/s1. The number of nitrogens with two attached hydrogens (primary N) is 1. The zero-order valence-corrected chi connectivity index (χ0v) is 10.7. The first-order valence-electron chi connectivity index (χ1n) is 6.10. The number of carbonyl (C=O) groups excluding carboxylic acids is 1. The van der Waals surface area contributed by atoms with Crippen LogP contribution in [0.25, 0.3) is 0 Å². The summed E-state index contributed by atoms with van der Waals surface area (Å²) in [4.78, 5) is 11.5. The summed E-state index contributed by atoms with van der Waals surface area (Å²) in [5, 5.41) is 11.8. The van der Waals surface area contributed by atoms with Crippen molar-refractivity contribution in [3.05, 3.63) is 0 Å². The minimum Gasteiger partial charge on any atom is -0.393 e. The molecule has 0 heterocycles. The van der Waals surface area contributed by atoms with Crippen molar-refractivity contribution >= 4 is 5.91 Å². The highest BCUT2D eigenvalue weighted by Gasteiger charge is 2.13. The second-order valence-electron chi connectivity index (χ2n) is 4.92. The smallest absolute Gasteiger partial charge is 0.220 e. The summed E-state index contributed by atoms with van der Waals surface area (Å²) < 4.78 is 0. The molecule has 0 fully saturated rings. The first kappa shape index (κ1) is 15.4. The molecule has 0 aromatic heterocycles. The van der Waals surface area contributed by atoms with E-state index in [-0.39, 0.29) is 17.9 Å². The molecule has 1 unspecified atom stereocenters. The lowest BCUT2D eigenvalue weighted by Crippen LogP contribution is -2.30. The average molecular weight is 230 g/mol. The summed E-state index contributed by atoms with van der Waals surface area (Å²) >= 11 is 0. The second-order valence-corrected chi connectivity index (χ2v) is 4.92. The summed E-state index contributed by atoms with van der Waals surface area (Å²) in [5.41, 5.74) is 5.63. The predicted octanol–water partition coefficient (Wildman–Crippen LogP) is 0.885. The lowest BCUT2D eigenvalue weighted by molar-refractivity contribution is -0.122. The van der Waals surface area contributed by atoms with Crippen LogP contribution in [0.4, 0.5) is 0 Å². The third-order valence-electron chi connectivity index (χ3n) is 2.50. The lowest BCUT2D eigenvalue weighted by atomic mass is 9.94. The Morgan fingerprint density at radius 2 is 2.00 bits per heavy atom.